The Morgan fingerprint density at radius 2 is 0.602 bits per heavy atom. The molecule has 0 aliphatic carbocycles. The molecule has 3 amide bonds. The highest BCUT2D eigenvalue weighted by Gasteiger charge is 2.44. The van der Waals surface area contributed by atoms with Crippen LogP contribution in [0.15, 0.2) is 0 Å². The van der Waals surface area contributed by atoms with Crippen LogP contribution in [0.25, 0.3) is 0 Å². The molecule has 0 bridgehead atoms. The summed E-state index contributed by atoms with van der Waals surface area (Å²) < 4.78 is 84.2. The molecule has 0 spiro atoms. The lowest BCUT2D eigenvalue weighted by molar-refractivity contribution is -0.284. The highest BCUT2D eigenvalue weighted by molar-refractivity contribution is 5.76. The first-order valence-electron chi connectivity index (χ1n) is 28.7. The van der Waals surface area contributed by atoms with Crippen LogP contribution in [-0.4, -0.2) is 316 Å². The lowest BCUT2D eigenvalue weighted by Gasteiger charge is -2.40. The molecule has 0 aromatic rings. The Kier molecular flexibility index (Phi) is 39.6. The molecule has 3 saturated heterocycles. The summed E-state index contributed by atoms with van der Waals surface area (Å²) in [7, 11) is 0. The lowest BCUT2D eigenvalue weighted by atomic mass is 9.92. The number of hydrogen-bond acceptors (Lipinski definition) is 27. The van der Waals surface area contributed by atoms with E-state index in [4.69, 9.17) is 71.1 Å². The predicted octanol–water partition coefficient (Wildman–Crippen LogP) is -5.06. The molecule has 15 atom stereocenters. The number of aliphatic hydroxyl groups excluding tert-OH is 9. The Morgan fingerprint density at radius 3 is 0.855 bits per heavy atom. The molecule has 30 heteroatoms. The van der Waals surface area contributed by atoms with Gasteiger partial charge in [-0.1, -0.05) is 27.7 Å². The topological polar surface area (TPSA) is 408 Å². The van der Waals surface area contributed by atoms with Crippen molar-refractivity contribution >= 4 is 17.7 Å². The number of ether oxygens (including phenoxy) is 15. The second-order valence-electron chi connectivity index (χ2n) is 20.8. The minimum absolute atomic E-state index is 0.0707. The van der Waals surface area contributed by atoms with E-state index in [0.29, 0.717) is 0 Å². The Balaban J connectivity index is 1.26. The van der Waals surface area contributed by atoms with Crippen molar-refractivity contribution in [2.24, 2.45) is 23.2 Å². The fourth-order valence-electron chi connectivity index (χ4n) is 8.50. The van der Waals surface area contributed by atoms with Gasteiger partial charge in [-0.3, -0.25) is 14.4 Å². The molecule has 0 aromatic carbocycles. The van der Waals surface area contributed by atoms with E-state index < -0.39 is 117 Å². The second kappa shape index (κ2) is 44.0. The van der Waals surface area contributed by atoms with Crippen LogP contribution >= 0.6 is 0 Å². The van der Waals surface area contributed by atoms with Gasteiger partial charge in [0.05, 0.1) is 177 Å². The average molecular weight is 1210 g/mol. The second-order valence-corrected chi connectivity index (χ2v) is 20.8. The maximum Gasteiger partial charge on any atom is 0.222 e. The van der Waals surface area contributed by atoms with Crippen molar-refractivity contribution < 1.29 is 131 Å². The molecular formula is C53H99N3O27. The summed E-state index contributed by atoms with van der Waals surface area (Å²) in [4.78, 5) is 37.6. The first-order valence-corrected chi connectivity index (χ1v) is 28.7. The van der Waals surface area contributed by atoms with Crippen molar-refractivity contribution in [1.82, 2.24) is 16.0 Å². The predicted molar refractivity (Wildman–Crippen MR) is 287 cm³/mol. The van der Waals surface area contributed by atoms with Crippen molar-refractivity contribution in [3.05, 3.63) is 0 Å². The van der Waals surface area contributed by atoms with Gasteiger partial charge in [-0.25, -0.2) is 0 Å². The highest BCUT2D eigenvalue weighted by Crippen LogP contribution is 2.29. The first kappa shape index (κ1) is 74.7. The zero-order chi connectivity index (χ0) is 60.8. The first-order chi connectivity index (χ1) is 40.0. The molecule has 488 valence electrons. The van der Waals surface area contributed by atoms with Crippen LogP contribution in [0, 0.1) is 23.2 Å². The fraction of sp³-hybridized carbons (Fsp3) is 0.943. The van der Waals surface area contributed by atoms with Gasteiger partial charge in [0.15, 0.2) is 18.9 Å². The van der Waals surface area contributed by atoms with Crippen LogP contribution < -0.4 is 16.0 Å². The molecule has 3 heterocycles. The summed E-state index contributed by atoms with van der Waals surface area (Å²) in [5.74, 6) is -2.26. The van der Waals surface area contributed by atoms with Crippen LogP contribution in [0.1, 0.15) is 47.0 Å². The summed E-state index contributed by atoms with van der Waals surface area (Å²) in [6.07, 6.45) is -11.9. The lowest BCUT2D eigenvalue weighted by Crippen LogP contribution is -2.55. The number of aliphatic hydroxyl groups is 9. The number of amides is 3. The molecule has 83 heavy (non-hydrogen) atoms. The van der Waals surface area contributed by atoms with Gasteiger partial charge < -0.3 is 133 Å². The average Bonchev–Trinajstić information content (AvgIpc) is 3.53. The largest absolute Gasteiger partial charge is 0.394 e. The van der Waals surface area contributed by atoms with Gasteiger partial charge in [0.25, 0.3) is 0 Å². The Labute approximate surface area is 486 Å². The summed E-state index contributed by atoms with van der Waals surface area (Å²) in [6, 6.07) is 0. The number of nitrogens with one attached hydrogen (secondary N) is 3. The zero-order valence-electron chi connectivity index (χ0n) is 48.7. The number of carbonyl (C=O) groups excluding carboxylic acids is 3. The zero-order valence-corrected chi connectivity index (χ0v) is 48.7. The molecule has 6 unspecified atom stereocenters. The molecule has 12 N–H and O–H groups in total. The quantitative estimate of drug-likeness (QED) is 0.0254. The van der Waals surface area contributed by atoms with Crippen molar-refractivity contribution in [2.45, 2.75) is 121 Å². The van der Waals surface area contributed by atoms with Crippen molar-refractivity contribution in [3.63, 3.8) is 0 Å². The molecule has 0 radical (unpaired) electrons. The molecule has 3 aliphatic rings. The van der Waals surface area contributed by atoms with E-state index in [1.54, 1.807) is 20.8 Å². The van der Waals surface area contributed by atoms with Crippen LogP contribution in [0.3, 0.4) is 0 Å². The molecule has 3 rings (SSSR count). The monoisotopic (exact) mass is 1210 g/mol. The van der Waals surface area contributed by atoms with Gasteiger partial charge in [0.2, 0.25) is 17.7 Å². The molecule has 3 aliphatic heterocycles. The summed E-state index contributed by atoms with van der Waals surface area (Å²) in [5.41, 5.74) is -0.721. The summed E-state index contributed by atoms with van der Waals surface area (Å²) in [6.45, 7) is 10.5. The maximum absolute atomic E-state index is 12.5. The van der Waals surface area contributed by atoms with E-state index in [2.05, 4.69) is 16.0 Å². The smallest absolute Gasteiger partial charge is 0.222 e. The third kappa shape index (κ3) is 29.8. The Morgan fingerprint density at radius 1 is 0.361 bits per heavy atom. The maximum atomic E-state index is 12.5. The summed E-state index contributed by atoms with van der Waals surface area (Å²) in [5, 5.41) is 96.9. The van der Waals surface area contributed by atoms with Crippen molar-refractivity contribution in [2.75, 3.05) is 178 Å². The van der Waals surface area contributed by atoms with Gasteiger partial charge in [-0.15, -0.1) is 0 Å². The van der Waals surface area contributed by atoms with E-state index >= 15 is 0 Å². The van der Waals surface area contributed by atoms with Gasteiger partial charge in [0.1, 0.15) is 36.6 Å². The minimum Gasteiger partial charge on any atom is -0.394 e. The van der Waals surface area contributed by atoms with Crippen molar-refractivity contribution in [1.29, 1.82) is 0 Å². The van der Waals surface area contributed by atoms with E-state index in [9.17, 15) is 60.3 Å². The molecular weight excluding hydrogens is 1110 g/mol. The van der Waals surface area contributed by atoms with Crippen molar-refractivity contribution in [3.8, 4) is 0 Å². The minimum atomic E-state index is -1.21. The van der Waals surface area contributed by atoms with Gasteiger partial charge in [0, 0.05) is 62.1 Å². The van der Waals surface area contributed by atoms with Gasteiger partial charge >= 0.3 is 0 Å². The molecule has 3 fully saturated rings. The molecule has 0 aromatic heterocycles. The fourth-order valence-corrected chi connectivity index (χ4v) is 8.50. The van der Waals surface area contributed by atoms with E-state index in [-0.39, 0.29) is 195 Å². The van der Waals surface area contributed by atoms with Crippen LogP contribution in [0.5, 0.6) is 0 Å². The number of hydrogen-bond donors (Lipinski definition) is 12. The summed E-state index contributed by atoms with van der Waals surface area (Å²) >= 11 is 0. The van der Waals surface area contributed by atoms with E-state index in [1.165, 1.54) is 0 Å². The number of carbonyl (C=O) groups is 3. The van der Waals surface area contributed by atoms with Gasteiger partial charge in [-0.2, -0.15) is 0 Å². The number of rotatable bonds is 48. The Bertz CT molecular complexity index is 1500. The Hall–Kier alpha value is -2.55. The van der Waals surface area contributed by atoms with E-state index in [1.807, 2.05) is 6.92 Å². The molecule has 30 nitrogen and oxygen atoms in total. The highest BCUT2D eigenvalue weighted by atomic mass is 16.7. The van der Waals surface area contributed by atoms with Crippen LogP contribution in [0.2, 0.25) is 0 Å². The third-order valence-corrected chi connectivity index (χ3v) is 13.7. The van der Waals surface area contributed by atoms with Crippen LogP contribution in [0.4, 0.5) is 0 Å². The van der Waals surface area contributed by atoms with E-state index in [0.717, 1.165) is 0 Å². The van der Waals surface area contributed by atoms with Gasteiger partial charge in [-0.05, 0) is 0 Å². The van der Waals surface area contributed by atoms with Crippen LogP contribution in [-0.2, 0) is 85.4 Å². The third-order valence-electron chi connectivity index (χ3n) is 13.7. The molecule has 0 saturated carbocycles. The SMILES string of the molecule is CC1[C@@H](OCCOCCOCCNC(=O)CCOCC(C)(COCCC(=O)NCCOCCOCCO[C@H]2OC(CO)[C@H](O)[C@H](O)C2C)COCCC(=O)NCCOCCOCCO[C@H]2OC(CO)[C@H](O)[C@H](O)C2C)OC(CO)[C@H](O)[C@@H]1O. The standard InChI is InChI=1S/C53H99N3O27/c1-35-44(63)47(66)38(29-57)81-50(35)78-26-23-72-20-17-69-14-8-54-41(60)5-11-75-32-53(4,33-76-12-6-42(61)55-9-15-70-18-21-73-24-27-79-51-36(2)45(64)48(67)39(30-58)82-51)34-77-13-7-43(62)56-10-16-71-19-22-74-25-28-80-52-37(3)46(65)49(68)40(31-59)83-52/h35-40,44-52,57-59,63-68H,5-34H2,1-4H3,(H,54,60)(H,55,61)(H,56,62)/t35?,36?,37?,38?,39?,40?,44-,45-,46-,47+,48+,49+,50+,51+,52+,53?/m1/s1. The normalized spacial score (nSPS) is 29.1.